The molecule has 2 N–H and O–H groups in total. The molecule has 3 nitrogen and oxygen atoms in total. The molecule has 0 bridgehead atoms. The van der Waals surface area contributed by atoms with Gasteiger partial charge in [-0.2, -0.15) is 0 Å². The summed E-state index contributed by atoms with van der Waals surface area (Å²) in [4.78, 5) is 0.0316. The van der Waals surface area contributed by atoms with Crippen molar-refractivity contribution in [2.75, 3.05) is 0 Å². The van der Waals surface area contributed by atoms with Crippen LogP contribution in [0, 0.1) is 5.82 Å². The number of rotatable bonds is 4. The molecule has 2 aromatic rings. The molecule has 0 fully saturated rings. The Morgan fingerprint density at radius 3 is 2.33 bits per heavy atom. The zero-order valence-electron chi connectivity index (χ0n) is 10.8. The first-order valence-corrected chi connectivity index (χ1v) is 8.39. The van der Waals surface area contributed by atoms with Crippen LogP contribution in [-0.2, 0) is 22.1 Å². The maximum absolute atomic E-state index is 13.3. The van der Waals surface area contributed by atoms with Crippen LogP contribution >= 0.6 is 23.2 Å². The Morgan fingerprint density at radius 1 is 1.00 bits per heavy atom. The molecule has 21 heavy (non-hydrogen) atoms. The number of hydrogen-bond donors (Lipinski definition) is 1. The van der Waals surface area contributed by atoms with Gasteiger partial charge >= 0.3 is 0 Å². The lowest BCUT2D eigenvalue weighted by Crippen LogP contribution is -2.09. The van der Waals surface area contributed by atoms with Gasteiger partial charge in [-0.25, -0.2) is 12.8 Å². The topological polar surface area (TPSA) is 60.2 Å². The van der Waals surface area contributed by atoms with Gasteiger partial charge in [0.1, 0.15) is 5.82 Å². The standard InChI is InChI=1S/C14H12Cl2FNO2S/c15-13-4-3-12(6-14(13)16)21(19,20)8-10-5-11(17)2-1-9(10)7-18/h1-6H,7-8,18H2. The van der Waals surface area contributed by atoms with Gasteiger partial charge in [-0.05, 0) is 41.5 Å². The van der Waals surface area contributed by atoms with Crippen molar-refractivity contribution in [1.82, 2.24) is 0 Å². The Hall–Kier alpha value is -1.14. The third-order valence-corrected chi connectivity index (χ3v) is 5.39. The highest BCUT2D eigenvalue weighted by atomic mass is 35.5. The summed E-state index contributed by atoms with van der Waals surface area (Å²) in [6, 6.07) is 7.96. The van der Waals surface area contributed by atoms with Crippen LogP contribution in [0.5, 0.6) is 0 Å². The lowest BCUT2D eigenvalue weighted by atomic mass is 10.1. The summed E-state index contributed by atoms with van der Waals surface area (Å²) in [6.45, 7) is 0.131. The summed E-state index contributed by atoms with van der Waals surface area (Å²) in [5.41, 5.74) is 6.47. The van der Waals surface area contributed by atoms with Crippen molar-refractivity contribution in [3.05, 3.63) is 63.4 Å². The molecular formula is C14H12Cl2FNO2S. The predicted octanol–water partition coefficient (Wildman–Crippen LogP) is 3.57. The van der Waals surface area contributed by atoms with E-state index in [0.717, 1.165) is 0 Å². The fourth-order valence-corrected chi connectivity index (χ4v) is 3.67. The highest BCUT2D eigenvalue weighted by Gasteiger charge is 2.18. The number of benzene rings is 2. The van der Waals surface area contributed by atoms with Crippen molar-refractivity contribution in [2.45, 2.75) is 17.2 Å². The molecule has 0 unspecified atom stereocenters. The van der Waals surface area contributed by atoms with Crippen LogP contribution in [0.4, 0.5) is 4.39 Å². The molecule has 0 radical (unpaired) electrons. The van der Waals surface area contributed by atoms with Crippen molar-refractivity contribution in [3.63, 3.8) is 0 Å². The second-order valence-corrected chi connectivity index (χ2v) is 7.26. The number of hydrogen-bond acceptors (Lipinski definition) is 3. The first kappa shape index (κ1) is 16.2. The minimum absolute atomic E-state index is 0.0316. The Labute approximate surface area is 132 Å². The Morgan fingerprint density at radius 2 is 1.71 bits per heavy atom. The van der Waals surface area contributed by atoms with E-state index in [-0.39, 0.29) is 27.2 Å². The van der Waals surface area contributed by atoms with Crippen molar-refractivity contribution in [3.8, 4) is 0 Å². The van der Waals surface area contributed by atoms with E-state index in [4.69, 9.17) is 28.9 Å². The molecule has 0 aliphatic carbocycles. The van der Waals surface area contributed by atoms with E-state index in [2.05, 4.69) is 0 Å². The molecule has 0 saturated heterocycles. The van der Waals surface area contributed by atoms with Crippen LogP contribution in [0.3, 0.4) is 0 Å². The third kappa shape index (κ3) is 3.74. The van der Waals surface area contributed by atoms with Crippen LogP contribution in [0.15, 0.2) is 41.3 Å². The van der Waals surface area contributed by atoms with Crippen LogP contribution in [0.1, 0.15) is 11.1 Å². The fourth-order valence-electron chi connectivity index (χ4n) is 1.89. The maximum atomic E-state index is 13.3. The van der Waals surface area contributed by atoms with Crippen LogP contribution < -0.4 is 5.73 Å². The summed E-state index contributed by atoms with van der Waals surface area (Å²) >= 11 is 11.6. The second kappa shape index (κ2) is 6.32. The lowest BCUT2D eigenvalue weighted by Gasteiger charge is -2.10. The first-order valence-electron chi connectivity index (χ1n) is 5.98. The molecule has 0 aromatic heterocycles. The van der Waals surface area contributed by atoms with Gasteiger partial charge in [-0.1, -0.05) is 29.3 Å². The Balaban J connectivity index is 2.41. The van der Waals surface area contributed by atoms with Crippen LogP contribution in [0.25, 0.3) is 0 Å². The summed E-state index contributed by atoms with van der Waals surface area (Å²) in [5, 5.41) is 0.417. The van der Waals surface area contributed by atoms with Gasteiger partial charge < -0.3 is 5.73 Å². The van der Waals surface area contributed by atoms with E-state index in [1.54, 1.807) is 0 Å². The summed E-state index contributed by atoms with van der Waals surface area (Å²) < 4.78 is 38.1. The average Bonchev–Trinajstić information content (AvgIpc) is 2.41. The number of nitrogens with two attached hydrogens (primary N) is 1. The smallest absolute Gasteiger partial charge is 0.182 e. The SMILES string of the molecule is NCc1ccc(F)cc1CS(=O)(=O)c1ccc(Cl)c(Cl)c1. The highest BCUT2D eigenvalue weighted by Crippen LogP contribution is 2.27. The molecule has 0 heterocycles. The van der Waals surface area contributed by atoms with Gasteiger partial charge in [0.2, 0.25) is 0 Å². The molecule has 7 heteroatoms. The minimum atomic E-state index is -3.67. The number of halogens is 3. The Kier molecular flexibility index (Phi) is 4.88. The highest BCUT2D eigenvalue weighted by molar-refractivity contribution is 7.90. The van der Waals surface area contributed by atoms with Crippen LogP contribution in [0.2, 0.25) is 10.0 Å². The normalized spacial score (nSPS) is 11.6. The largest absolute Gasteiger partial charge is 0.326 e. The minimum Gasteiger partial charge on any atom is -0.326 e. The van der Waals surface area contributed by atoms with Crippen LogP contribution in [-0.4, -0.2) is 8.42 Å². The average molecular weight is 348 g/mol. The molecule has 0 aliphatic rings. The van der Waals surface area contributed by atoms with Gasteiger partial charge in [0, 0.05) is 6.54 Å². The molecule has 0 atom stereocenters. The van der Waals surface area contributed by atoms with Crippen molar-refractivity contribution in [1.29, 1.82) is 0 Å². The van der Waals surface area contributed by atoms with E-state index in [9.17, 15) is 12.8 Å². The van der Waals surface area contributed by atoms with E-state index in [0.29, 0.717) is 11.1 Å². The molecule has 0 aliphatic heterocycles. The summed E-state index contributed by atoms with van der Waals surface area (Å²) in [6.07, 6.45) is 0. The molecule has 2 aromatic carbocycles. The monoisotopic (exact) mass is 347 g/mol. The van der Waals surface area contributed by atoms with Gasteiger partial charge in [-0.15, -0.1) is 0 Å². The third-order valence-electron chi connectivity index (χ3n) is 2.98. The van der Waals surface area contributed by atoms with Gasteiger partial charge in [0.05, 0.1) is 20.7 Å². The zero-order valence-corrected chi connectivity index (χ0v) is 13.1. The van der Waals surface area contributed by atoms with Crippen molar-refractivity contribution in [2.24, 2.45) is 5.73 Å². The zero-order chi connectivity index (χ0) is 15.6. The summed E-state index contributed by atoms with van der Waals surface area (Å²) in [7, 11) is -3.67. The quantitative estimate of drug-likeness (QED) is 0.919. The fraction of sp³-hybridized carbons (Fsp3) is 0.143. The second-order valence-electron chi connectivity index (χ2n) is 4.45. The first-order chi connectivity index (χ1) is 9.83. The predicted molar refractivity (Wildman–Crippen MR) is 81.6 cm³/mol. The van der Waals surface area contributed by atoms with E-state index < -0.39 is 15.7 Å². The van der Waals surface area contributed by atoms with Gasteiger partial charge in [0.25, 0.3) is 0 Å². The van der Waals surface area contributed by atoms with Gasteiger partial charge in [0.15, 0.2) is 9.84 Å². The van der Waals surface area contributed by atoms with Gasteiger partial charge in [-0.3, -0.25) is 0 Å². The van der Waals surface area contributed by atoms with E-state index in [1.807, 2.05) is 0 Å². The summed E-state index contributed by atoms with van der Waals surface area (Å²) in [5.74, 6) is -0.860. The van der Waals surface area contributed by atoms with E-state index >= 15 is 0 Å². The molecule has 2 rings (SSSR count). The van der Waals surface area contributed by atoms with Crippen molar-refractivity contribution >= 4 is 33.0 Å². The lowest BCUT2D eigenvalue weighted by molar-refractivity contribution is 0.594. The Bertz CT molecular complexity index is 779. The molecule has 0 spiro atoms. The molecule has 0 saturated carbocycles. The van der Waals surface area contributed by atoms with E-state index in [1.165, 1.54) is 36.4 Å². The maximum Gasteiger partial charge on any atom is 0.182 e. The molecule has 112 valence electrons. The molecule has 0 amide bonds. The number of sulfone groups is 1. The van der Waals surface area contributed by atoms with Crippen molar-refractivity contribution < 1.29 is 12.8 Å². The molecular weight excluding hydrogens is 336 g/mol.